The molecule has 2 rings (SSSR count). The summed E-state index contributed by atoms with van der Waals surface area (Å²) in [5.41, 5.74) is 6.94. The summed E-state index contributed by atoms with van der Waals surface area (Å²) in [5, 5.41) is 2.06. The van der Waals surface area contributed by atoms with Gasteiger partial charge in [0.25, 0.3) is 11.8 Å². The van der Waals surface area contributed by atoms with E-state index in [0.717, 1.165) is 5.56 Å². The topological polar surface area (TPSA) is 137 Å². The van der Waals surface area contributed by atoms with Crippen LogP contribution in [0.5, 0.6) is 0 Å². The summed E-state index contributed by atoms with van der Waals surface area (Å²) in [5.74, 6) is -1.15. The maximum absolute atomic E-state index is 13.0. The third-order valence-corrected chi connectivity index (χ3v) is 5.22. The standard InChI is InChI=1S/C23H33N3O7/c1-17(7-8-20(28)25-16-27)26-22(29)19-6-2-4-18(21(19)23(26)30)5-3-10-31-12-14-33-15-13-32-11-9-24/h2,4,6,16-17H,3,5,7-15,24H2,1H3,(H,25,27,28). The van der Waals surface area contributed by atoms with Crippen molar-refractivity contribution in [2.24, 2.45) is 5.73 Å². The lowest BCUT2D eigenvalue weighted by Gasteiger charge is -2.22. The summed E-state index contributed by atoms with van der Waals surface area (Å²) in [7, 11) is 0. The number of nitrogens with two attached hydrogens (primary N) is 1. The van der Waals surface area contributed by atoms with Gasteiger partial charge >= 0.3 is 0 Å². The SMILES string of the molecule is CC(CCC(=O)NC=O)N1C(=O)c2cccc(CCCOCCOCCOCCN)c2C1=O. The average molecular weight is 464 g/mol. The number of carbonyl (C=O) groups excluding carboxylic acids is 4. The lowest BCUT2D eigenvalue weighted by molar-refractivity contribution is -0.125. The molecule has 1 aromatic rings. The number of nitrogens with one attached hydrogen (secondary N) is 1. The van der Waals surface area contributed by atoms with E-state index in [1.165, 1.54) is 4.90 Å². The highest BCUT2D eigenvalue weighted by molar-refractivity contribution is 6.22. The van der Waals surface area contributed by atoms with Crippen LogP contribution in [-0.4, -0.2) is 81.3 Å². The molecule has 33 heavy (non-hydrogen) atoms. The quantitative estimate of drug-likeness (QED) is 0.195. The first-order chi connectivity index (χ1) is 16.0. The highest BCUT2D eigenvalue weighted by Crippen LogP contribution is 2.29. The van der Waals surface area contributed by atoms with Crippen LogP contribution in [0.15, 0.2) is 18.2 Å². The minimum Gasteiger partial charge on any atom is -0.379 e. The van der Waals surface area contributed by atoms with E-state index in [1.807, 2.05) is 6.07 Å². The number of aryl methyl sites for hydroxylation is 1. The number of hydrogen-bond acceptors (Lipinski definition) is 8. The van der Waals surface area contributed by atoms with Crippen LogP contribution in [0.1, 0.15) is 52.5 Å². The van der Waals surface area contributed by atoms with E-state index in [2.05, 4.69) is 5.32 Å². The third-order valence-electron chi connectivity index (χ3n) is 5.22. The fourth-order valence-electron chi connectivity index (χ4n) is 3.58. The van der Waals surface area contributed by atoms with Crippen LogP contribution in [0.3, 0.4) is 0 Å². The second kappa shape index (κ2) is 14.5. The molecule has 1 aliphatic rings. The number of imide groups is 2. The number of ether oxygens (including phenoxy) is 3. The van der Waals surface area contributed by atoms with Crippen LogP contribution in [-0.2, 0) is 30.2 Å². The van der Waals surface area contributed by atoms with Gasteiger partial charge in [-0.2, -0.15) is 0 Å². The molecule has 1 heterocycles. The van der Waals surface area contributed by atoms with Gasteiger partial charge in [0, 0.05) is 25.6 Å². The van der Waals surface area contributed by atoms with Crippen LogP contribution in [0.4, 0.5) is 0 Å². The van der Waals surface area contributed by atoms with Gasteiger partial charge in [0.2, 0.25) is 12.3 Å². The van der Waals surface area contributed by atoms with Crippen molar-refractivity contribution < 1.29 is 33.4 Å². The second-order valence-electron chi connectivity index (χ2n) is 7.62. The first kappa shape index (κ1) is 26.6. The maximum Gasteiger partial charge on any atom is 0.262 e. The van der Waals surface area contributed by atoms with Crippen LogP contribution in [0, 0.1) is 0 Å². The van der Waals surface area contributed by atoms with Crippen molar-refractivity contribution in [2.45, 2.75) is 38.6 Å². The van der Waals surface area contributed by atoms with Crippen molar-refractivity contribution >= 4 is 24.1 Å². The highest BCUT2D eigenvalue weighted by Gasteiger charge is 2.39. The third kappa shape index (κ3) is 8.01. The molecular weight excluding hydrogens is 430 g/mol. The largest absolute Gasteiger partial charge is 0.379 e. The van der Waals surface area contributed by atoms with Gasteiger partial charge in [-0.3, -0.25) is 29.4 Å². The van der Waals surface area contributed by atoms with Crippen LogP contribution < -0.4 is 11.1 Å². The summed E-state index contributed by atoms with van der Waals surface area (Å²) in [4.78, 5) is 48.9. The number of fused-ring (bicyclic) bond motifs is 1. The molecule has 0 bridgehead atoms. The van der Waals surface area contributed by atoms with Crippen LogP contribution in [0.2, 0.25) is 0 Å². The molecule has 0 spiro atoms. The zero-order valence-electron chi connectivity index (χ0n) is 19.0. The molecule has 0 fully saturated rings. The van der Waals surface area contributed by atoms with Crippen LogP contribution in [0.25, 0.3) is 0 Å². The van der Waals surface area contributed by atoms with Crippen molar-refractivity contribution in [3.63, 3.8) is 0 Å². The molecule has 10 heteroatoms. The van der Waals surface area contributed by atoms with E-state index in [4.69, 9.17) is 19.9 Å². The van der Waals surface area contributed by atoms with Crippen molar-refractivity contribution in [3.05, 3.63) is 34.9 Å². The molecule has 1 aliphatic heterocycles. The van der Waals surface area contributed by atoms with E-state index in [1.54, 1.807) is 19.1 Å². The summed E-state index contributed by atoms with van der Waals surface area (Å²) >= 11 is 0. The van der Waals surface area contributed by atoms with E-state index in [-0.39, 0.29) is 24.7 Å². The number of hydrogen-bond donors (Lipinski definition) is 2. The van der Waals surface area contributed by atoms with Gasteiger partial charge in [0.05, 0.1) is 44.2 Å². The normalized spacial score (nSPS) is 13.8. The summed E-state index contributed by atoms with van der Waals surface area (Å²) in [6.45, 7) is 5.16. The lowest BCUT2D eigenvalue weighted by atomic mass is 9.99. The van der Waals surface area contributed by atoms with Crippen molar-refractivity contribution in [2.75, 3.05) is 46.2 Å². The van der Waals surface area contributed by atoms with Gasteiger partial charge in [-0.25, -0.2) is 0 Å². The molecule has 10 nitrogen and oxygen atoms in total. The number of nitrogens with zero attached hydrogens (tertiary/aromatic N) is 1. The molecule has 3 N–H and O–H groups in total. The summed E-state index contributed by atoms with van der Waals surface area (Å²) in [6.07, 6.45) is 1.92. The Labute approximate surface area is 193 Å². The highest BCUT2D eigenvalue weighted by atomic mass is 16.5. The Morgan fingerprint density at radius 1 is 1.06 bits per heavy atom. The van der Waals surface area contributed by atoms with Gasteiger partial charge in [-0.15, -0.1) is 0 Å². The fourth-order valence-corrected chi connectivity index (χ4v) is 3.58. The second-order valence-corrected chi connectivity index (χ2v) is 7.62. The molecule has 1 aromatic carbocycles. The van der Waals surface area contributed by atoms with E-state index < -0.39 is 11.9 Å². The number of carbonyl (C=O) groups is 4. The zero-order chi connectivity index (χ0) is 24.1. The minimum atomic E-state index is -0.466. The Bertz CT molecular complexity index is 815. The van der Waals surface area contributed by atoms with Gasteiger partial charge in [0.15, 0.2) is 0 Å². The Morgan fingerprint density at radius 3 is 2.39 bits per heavy atom. The van der Waals surface area contributed by atoms with Crippen molar-refractivity contribution in [1.82, 2.24) is 10.2 Å². The number of amides is 4. The first-order valence-corrected chi connectivity index (χ1v) is 11.2. The molecule has 0 saturated carbocycles. The molecule has 0 aromatic heterocycles. The Hall–Kier alpha value is -2.66. The van der Waals surface area contributed by atoms with Gasteiger partial charge in [0.1, 0.15) is 0 Å². The minimum absolute atomic E-state index is 0.0436. The molecular formula is C23H33N3O7. The average Bonchev–Trinajstić information content (AvgIpc) is 3.06. The van der Waals surface area contributed by atoms with E-state index in [0.29, 0.717) is 76.6 Å². The van der Waals surface area contributed by atoms with Gasteiger partial charge in [-0.1, -0.05) is 12.1 Å². The molecule has 0 radical (unpaired) electrons. The zero-order valence-corrected chi connectivity index (χ0v) is 19.0. The van der Waals surface area contributed by atoms with Gasteiger partial charge in [-0.05, 0) is 37.8 Å². The Kier molecular flexibility index (Phi) is 11.7. The van der Waals surface area contributed by atoms with Crippen LogP contribution >= 0.6 is 0 Å². The molecule has 4 amide bonds. The smallest absolute Gasteiger partial charge is 0.262 e. The maximum atomic E-state index is 13.0. The number of rotatable bonds is 17. The predicted molar refractivity (Wildman–Crippen MR) is 120 cm³/mol. The molecule has 0 saturated heterocycles. The lowest BCUT2D eigenvalue weighted by Crippen LogP contribution is -2.38. The molecule has 0 aliphatic carbocycles. The van der Waals surface area contributed by atoms with E-state index >= 15 is 0 Å². The van der Waals surface area contributed by atoms with E-state index in [9.17, 15) is 19.2 Å². The predicted octanol–water partition coefficient (Wildman–Crippen LogP) is 0.665. The Balaban J connectivity index is 1.79. The summed E-state index contributed by atoms with van der Waals surface area (Å²) < 4.78 is 16.2. The van der Waals surface area contributed by atoms with Crippen molar-refractivity contribution in [3.8, 4) is 0 Å². The Morgan fingerprint density at radius 2 is 1.73 bits per heavy atom. The first-order valence-electron chi connectivity index (χ1n) is 11.2. The molecule has 1 unspecified atom stereocenters. The molecule has 182 valence electrons. The fraction of sp³-hybridized carbons (Fsp3) is 0.565. The monoisotopic (exact) mass is 463 g/mol. The summed E-state index contributed by atoms with van der Waals surface area (Å²) in [6, 6.07) is 4.80. The van der Waals surface area contributed by atoms with Gasteiger partial charge < -0.3 is 19.9 Å². The number of benzene rings is 1. The van der Waals surface area contributed by atoms with Crippen molar-refractivity contribution in [1.29, 1.82) is 0 Å². The molecule has 1 atom stereocenters.